The molecule has 3 heterocycles. The lowest BCUT2D eigenvalue weighted by atomic mass is 9.84. The highest BCUT2D eigenvalue weighted by Crippen LogP contribution is 2.37. The van der Waals surface area contributed by atoms with E-state index in [4.69, 9.17) is 21.6 Å². The third kappa shape index (κ3) is 4.32. The number of aryl methyl sites for hydroxylation is 1. The van der Waals surface area contributed by atoms with Crippen LogP contribution in [0.4, 0.5) is 10.6 Å². The number of nitrogens with zero attached hydrogens (tertiary/aromatic N) is 4. The third-order valence-electron chi connectivity index (χ3n) is 6.70. The van der Waals surface area contributed by atoms with Crippen molar-refractivity contribution in [3.05, 3.63) is 40.8 Å². The van der Waals surface area contributed by atoms with E-state index in [-0.39, 0.29) is 6.61 Å². The molecule has 0 atom stereocenters. The Hall–Kier alpha value is -2.84. The first-order valence-electron chi connectivity index (χ1n) is 11.5. The SMILES string of the molecule is Cc1nc(N2CCC(C)(N(C(=O)O)C(C)(C)C)CC2)c(CO)nc1-c1cc(Cl)c2cc[nH]c2c1. The largest absolute Gasteiger partial charge is 0.465 e. The lowest BCUT2D eigenvalue weighted by Gasteiger charge is -2.51. The van der Waals surface area contributed by atoms with Gasteiger partial charge in [-0.3, -0.25) is 4.90 Å². The Labute approximate surface area is 204 Å². The standard InChI is InChI=1S/C25H32ClN5O3/c1-15-21(16-12-18(26)17-6-9-27-19(17)13-16)29-20(14-32)22(28-15)30-10-7-25(5,8-11-30)31(23(33)34)24(2,3)4/h6,9,12-13,27,32H,7-8,10-11,14H2,1-5H3,(H,33,34). The summed E-state index contributed by atoms with van der Waals surface area (Å²) in [4.78, 5) is 28.5. The van der Waals surface area contributed by atoms with Gasteiger partial charge in [0, 0.05) is 46.8 Å². The van der Waals surface area contributed by atoms with Crippen molar-refractivity contribution in [3.63, 3.8) is 0 Å². The number of aliphatic hydroxyl groups is 1. The number of fused-ring (bicyclic) bond motifs is 1. The van der Waals surface area contributed by atoms with Crippen LogP contribution < -0.4 is 4.90 Å². The van der Waals surface area contributed by atoms with Crippen molar-refractivity contribution in [2.45, 2.75) is 65.1 Å². The maximum atomic E-state index is 12.1. The van der Waals surface area contributed by atoms with Crippen molar-refractivity contribution in [3.8, 4) is 11.3 Å². The Morgan fingerprint density at radius 1 is 1.26 bits per heavy atom. The molecular weight excluding hydrogens is 454 g/mol. The van der Waals surface area contributed by atoms with E-state index in [1.165, 1.54) is 0 Å². The fourth-order valence-electron chi connectivity index (χ4n) is 5.18. The number of H-pyrrole nitrogens is 1. The first-order chi connectivity index (χ1) is 15.9. The summed E-state index contributed by atoms with van der Waals surface area (Å²) < 4.78 is 0. The molecule has 1 aliphatic heterocycles. The molecule has 182 valence electrons. The summed E-state index contributed by atoms with van der Waals surface area (Å²) in [5, 5.41) is 21.6. The number of rotatable bonds is 4. The van der Waals surface area contributed by atoms with Gasteiger partial charge in [0.2, 0.25) is 0 Å². The van der Waals surface area contributed by atoms with Gasteiger partial charge in [0.25, 0.3) is 0 Å². The van der Waals surface area contributed by atoms with Crippen LogP contribution >= 0.6 is 11.6 Å². The number of carbonyl (C=O) groups is 1. The molecule has 1 amide bonds. The number of carboxylic acid groups (broad SMARTS) is 1. The predicted molar refractivity (Wildman–Crippen MR) is 134 cm³/mol. The maximum absolute atomic E-state index is 12.1. The van der Waals surface area contributed by atoms with Crippen LogP contribution in [0.3, 0.4) is 0 Å². The molecule has 0 bridgehead atoms. The zero-order valence-electron chi connectivity index (χ0n) is 20.3. The third-order valence-corrected chi connectivity index (χ3v) is 7.02. The van der Waals surface area contributed by atoms with Crippen molar-refractivity contribution in [2.75, 3.05) is 18.0 Å². The van der Waals surface area contributed by atoms with Gasteiger partial charge in [0.05, 0.1) is 23.0 Å². The highest BCUT2D eigenvalue weighted by atomic mass is 35.5. The van der Waals surface area contributed by atoms with E-state index in [0.29, 0.717) is 48.2 Å². The van der Waals surface area contributed by atoms with Crippen molar-refractivity contribution in [1.82, 2.24) is 19.9 Å². The van der Waals surface area contributed by atoms with Crippen LogP contribution in [0.15, 0.2) is 24.4 Å². The molecule has 4 rings (SSSR count). The van der Waals surface area contributed by atoms with Gasteiger partial charge in [-0.15, -0.1) is 0 Å². The van der Waals surface area contributed by atoms with Gasteiger partial charge in [0.1, 0.15) is 5.69 Å². The number of halogens is 1. The van der Waals surface area contributed by atoms with Crippen LogP contribution in [-0.4, -0.2) is 60.3 Å². The molecule has 2 aromatic heterocycles. The Bertz CT molecular complexity index is 1230. The number of hydrogen-bond donors (Lipinski definition) is 3. The monoisotopic (exact) mass is 485 g/mol. The van der Waals surface area contributed by atoms with E-state index in [1.807, 2.05) is 59.0 Å². The van der Waals surface area contributed by atoms with E-state index < -0.39 is 17.2 Å². The van der Waals surface area contributed by atoms with Gasteiger partial charge in [0.15, 0.2) is 5.82 Å². The van der Waals surface area contributed by atoms with Gasteiger partial charge in [-0.05, 0) is 65.7 Å². The van der Waals surface area contributed by atoms with Crippen LogP contribution in [0.5, 0.6) is 0 Å². The molecule has 0 saturated carbocycles. The topological polar surface area (TPSA) is 106 Å². The molecule has 1 aliphatic rings. The lowest BCUT2D eigenvalue weighted by molar-refractivity contribution is 0.0117. The Morgan fingerprint density at radius 3 is 2.53 bits per heavy atom. The Morgan fingerprint density at radius 2 is 1.94 bits per heavy atom. The van der Waals surface area contributed by atoms with Gasteiger partial charge in [-0.1, -0.05) is 11.6 Å². The maximum Gasteiger partial charge on any atom is 0.408 e. The van der Waals surface area contributed by atoms with Crippen LogP contribution in [0.25, 0.3) is 22.2 Å². The molecule has 3 N–H and O–H groups in total. The molecule has 0 unspecified atom stereocenters. The quantitative estimate of drug-likeness (QED) is 0.468. The number of aromatic amines is 1. The first kappa shape index (κ1) is 24.3. The van der Waals surface area contributed by atoms with Gasteiger partial charge < -0.3 is 20.1 Å². The molecule has 1 aromatic carbocycles. The van der Waals surface area contributed by atoms with Gasteiger partial charge in [-0.2, -0.15) is 0 Å². The molecule has 8 nitrogen and oxygen atoms in total. The molecule has 3 aromatic rings. The number of hydrogen-bond acceptors (Lipinski definition) is 5. The van der Waals surface area contributed by atoms with Crippen molar-refractivity contribution >= 4 is 34.4 Å². The molecular formula is C25H32ClN5O3. The van der Waals surface area contributed by atoms with Crippen molar-refractivity contribution in [2.24, 2.45) is 0 Å². The second-order valence-corrected chi connectivity index (χ2v) is 10.7. The highest BCUT2D eigenvalue weighted by Gasteiger charge is 2.44. The van der Waals surface area contributed by atoms with Crippen LogP contribution in [0.2, 0.25) is 5.02 Å². The number of aromatic nitrogens is 3. The fourth-order valence-corrected chi connectivity index (χ4v) is 5.47. The van der Waals surface area contributed by atoms with Crippen molar-refractivity contribution in [1.29, 1.82) is 0 Å². The number of piperidine rings is 1. The van der Waals surface area contributed by atoms with Gasteiger partial charge in [-0.25, -0.2) is 14.8 Å². The average molecular weight is 486 g/mol. The van der Waals surface area contributed by atoms with Crippen LogP contribution in [0, 0.1) is 6.92 Å². The Balaban J connectivity index is 1.64. The number of amides is 1. The molecule has 0 radical (unpaired) electrons. The summed E-state index contributed by atoms with van der Waals surface area (Å²) in [6.07, 6.45) is 2.25. The van der Waals surface area contributed by atoms with E-state index in [2.05, 4.69) is 9.88 Å². The summed E-state index contributed by atoms with van der Waals surface area (Å²) in [6.45, 7) is 10.7. The number of aliphatic hydroxyl groups excluding tert-OH is 1. The lowest BCUT2D eigenvalue weighted by Crippen LogP contribution is -2.61. The fraction of sp³-hybridized carbons (Fsp3) is 0.480. The average Bonchev–Trinajstić information content (AvgIpc) is 3.22. The second kappa shape index (κ2) is 8.74. The molecule has 0 spiro atoms. The predicted octanol–water partition coefficient (Wildman–Crippen LogP) is 5.22. The smallest absolute Gasteiger partial charge is 0.408 e. The first-order valence-corrected chi connectivity index (χ1v) is 11.9. The molecule has 1 fully saturated rings. The number of nitrogens with one attached hydrogen (secondary N) is 1. The summed E-state index contributed by atoms with van der Waals surface area (Å²) >= 11 is 6.47. The van der Waals surface area contributed by atoms with E-state index in [0.717, 1.165) is 22.2 Å². The zero-order chi connectivity index (χ0) is 24.8. The van der Waals surface area contributed by atoms with E-state index in [9.17, 15) is 15.0 Å². The summed E-state index contributed by atoms with van der Waals surface area (Å²) in [5.41, 5.74) is 2.68. The Kier molecular flexibility index (Phi) is 6.25. The highest BCUT2D eigenvalue weighted by molar-refractivity contribution is 6.35. The van der Waals surface area contributed by atoms with E-state index >= 15 is 0 Å². The van der Waals surface area contributed by atoms with Crippen LogP contribution in [0.1, 0.15) is 51.9 Å². The zero-order valence-corrected chi connectivity index (χ0v) is 21.1. The normalized spacial score (nSPS) is 16.1. The van der Waals surface area contributed by atoms with Crippen LogP contribution in [-0.2, 0) is 6.61 Å². The minimum absolute atomic E-state index is 0.245. The minimum Gasteiger partial charge on any atom is -0.465 e. The molecule has 0 aliphatic carbocycles. The summed E-state index contributed by atoms with van der Waals surface area (Å²) in [6, 6.07) is 5.78. The summed E-state index contributed by atoms with van der Waals surface area (Å²) in [7, 11) is 0. The second-order valence-electron chi connectivity index (χ2n) is 10.3. The molecule has 9 heteroatoms. The minimum atomic E-state index is -0.905. The van der Waals surface area contributed by atoms with E-state index in [1.54, 1.807) is 4.90 Å². The number of anilines is 1. The summed E-state index contributed by atoms with van der Waals surface area (Å²) in [5.74, 6) is 0.649. The molecule has 1 saturated heterocycles. The number of benzene rings is 1. The van der Waals surface area contributed by atoms with Gasteiger partial charge >= 0.3 is 6.09 Å². The molecule has 34 heavy (non-hydrogen) atoms. The van der Waals surface area contributed by atoms with Crippen molar-refractivity contribution < 1.29 is 15.0 Å².